The van der Waals surface area contributed by atoms with Gasteiger partial charge in [-0.2, -0.15) is 0 Å². The molecule has 1 aliphatic rings. The van der Waals surface area contributed by atoms with Crippen LogP contribution in [0.5, 0.6) is 11.5 Å². The number of methoxy groups -OCH3 is 2. The van der Waals surface area contributed by atoms with Crippen molar-refractivity contribution in [3.8, 4) is 11.5 Å². The van der Waals surface area contributed by atoms with Crippen molar-refractivity contribution in [3.05, 3.63) is 11.6 Å². The molecule has 0 saturated carbocycles. The molecule has 0 radical (unpaired) electrons. The van der Waals surface area contributed by atoms with Crippen LogP contribution >= 0.6 is 51.1 Å². The largest absolute Gasteiger partial charge is 0.493 e. The lowest BCUT2D eigenvalue weighted by molar-refractivity contribution is 0.0467. The summed E-state index contributed by atoms with van der Waals surface area (Å²) in [6.07, 6.45) is 0.319. The van der Waals surface area contributed by atoms with Gasteiger partial charge < -0.3 is 24.3 Å². The van der Waals surface area contributed by atoms with E-state index in [0.29, 0.717) is 31.1 Å². The lowest BCUT2D eigenvalue weighted by Gasteiger charge is -2.19. The van der Waals surface area contributed by atoms with Crippen LogP contribution in [0.25, 0.3) is 0 Å². The Balaban J connectivity index is 2.05. The van der Waals surface area contributed by atoms with Crippen LogP contribution in [0.15, 0.2) is 15.9 Å². The summed E-state index contributed by atoms with van der Waals surface area (Å²) in [6.45, 7) is 7.92. The van der Waals surface area contributed by atoms with Crippen LogP contribution in [-0.4, -0.2) is 48.3 Å². The Morgan fingerprint density at radius 2 is 1.83 bits per heavy atom. The first-order valence-electron chi connectivity index (χ1n) is 8.96. The van der Waals surface area contributed by atoms with Gasteiger partial charge in [-0.3, -0.25) is 0 Å². The molecular formula is C17H27NO5S5Si. The highest BCUT2D eigenvalue weighted by Crippen LogP contribution is 2.63. The van der Waals surface area contributed by atoms with Gasteiger partial charge in [-0.05, 0) is 75.2 Å². The van der Waals surface area contributed by atoms with Crippen molar-refractivity contribution in [2.45, 2.75) is 41.9 Å². The van der Waals surface area contributed by atoms with Crippen molar-refractivity contribution < 1.29 is 23.7 Å². The molecule has 1 amide bonds. The molecule has 29 heavy (non-hydrogen) atoms. The highest BCUT2D eigenvalue weighted by Gasteiger charge is 2.24. The molecule has 1 aliphatic heterocycles. The van der Waals surface area contributed by atoms with Crippen molar-refractivity contribution >= 4 is 65.2 Å². The van der Waals surface area contributed by atoms with E-state index in [1.54, 1.807) is 65.3 Å². The molecule has 0 aliphatic carbocycles. The maximum absolute atomic E-state index is 12.0. The molecule has 0 bridgehead atoms. The predicted octanol–water partition coefficient (Wildman–Crippen LogP) is 6.34. The second-order valence-electron chi connectivity index (χ2n) is 7.27. The summed E-state index contributed by atoms with van der Waals surface area (Å²) < 4.78 is 21.7. The molecule has 12 heteroatoms. The minimum atomic E-state index is -1.21. The third-order valence-electron chi connectivity index (χ3n) is 3.81. The van der Waals surface area contributed by atoms with Gasteiger partial charge in [0, 0.05) is 26.6 Å². The van der Waals surface area contributed by atoms with Crippen molar-refractivity contribution in [3.63, 3.8) is 0 Å². The maximum Gasteiger partial charge on any atom is 0.407 e. The number of hydrogen-bond donors (Lipinski definition) is 1. The number of hydrogen-bond acceptors (Lipinski definition) is 10. The number of rotatable bonds is 10. The highest BCUT2D eigenvalue weighted by atomic mass is 33.8. The zero-order chi connectivity index (χ0) is 21.3. The molecule has 1 aromatic rings. The molecule has 1 N–H and O–H groups in total. The number of carbonyl (C=O) groups is 1. The number of nitrogens with one attached hydrogen (secondary N) is 1. The predicted molar refractivity (Wildman–Crippen MR) is 131 cm³/mol. The second-order valence-corrected chi connectivity index (χ2v) is 20.3. The van der Waals surface area contributed by atoms with Crippen LogP contribution in [0.3, 0.4) is 0 Å². The monoisotopic (exact) mass is 513 g/mol. The van der Waals surface area contributed by atoms with Gasteiger partial charge >= 0.3 is 6.09 Å². The highest BCUT2D eigenvalue weighted by molar-refractivity contribution is 9.36. The second kappa shape index (κ2) is 12.8. The first-order valence-corrected chi connectivity index (χ1v) is 18.8. The van der Waals surface area contributed by atoms with Crippen LogP contribution in [0.4, 0.5) is 4.79 Å². The van der Waals surface area contributed by atoms with Gasteiger partial charge in [-0.25, -0.2) is 4.79 Å². The van der Waals surface area contributed by atoms with E-state index in [9.17, 15) is 4.79 Å². The Bertz CT molecular complexity index is 689. The van der Waals surface area contributed by atoms with Gasteiger partial charge in [-0.15, -0.1) is 0 Å². The van der Waals surface area contributed by atoms with Gasteiger partial charge in [0.1, 0.15) is 0 Å². The Hall–Kier alpha value is 0.0169. The quantitative estimate of drug-likeness (QED) is 0.218. The molecular weight excluding hydrogens is 487 g/mol. The van der Waals surface area contributed by atoms with Crippen molar-refractivity contribution in [2.24, 2.45) is 0 Å². The Kier molecular flexibility index (Phi) is 11.1. The van der Waals surface area contributed by atoms with Crippen LogP contribution in [-0.2, 0) is 15.9 Å². The van der Waals surface area contributed by atoms with E-state index >= 15 is 0 Å². The zero-order valence-corrected chi connectivity index (χ0v) is 22.3. The van der Waals surface area contributed by atoms with Crippen molar-refractivity contribution in [1.82, 2.24) is 5.32 Å². The lowest BCUT2D eigenvalue weighted by Crippen LogP contribution is -2.29. The van der Waals surface area contributed by atoms with Crippen LogP contribution in [0.1, 0.15) is 5.56 Å². The smallest absolute Gasteiger partial charge is 0.407 e. The van der Waals surface area contributed by atoms with Crippen LogP contribution in [0, 0.1) is 0 Å². The molecule has 0 atom stereocenters. The third-order valence-corrected chi connectivity index (χ3v) is 14.0. The summed E-state index contributed by atoms with van der Waals surface area (Å²) in [5.74, 6) is 1.36. The lowest BCUT2D eigenvalue weighted by atomic mass is 10.1. The summed E-state index contributed by atoms with van der Waals surface area (Å²) in [5.41, 5.74) is 1.11. The molecule has 1 aromatic carbocycles. The minimum absolute atomic E-state index is 0.156. The first-order chi connectivity index (χ1) is 13.9. The number of amides is 1. The molecule has 0 saturated heterocycles. The molecule has 164 valence electrons. The first kappa shape index (κ1) is 25.3. The summed E-state index contributed by atoms with van der Waals surface area (Å²) >= 11 is 0. The molecule has 0 aromatic heterocycles. The van der Waals surface area contributed by atoms with Gasteiger partial charge in [0.25, 0.3) is 0 Å². The molecule has 0 spiro atoms. The maximum atomic E-state index is 12.0. The van der Waals surface area contributed by atoms with Gasteiger partial charge in [0.15, 0.2) is 18.3 Å². The average Bonchev–Trinajstić information content (AvgIpc) is 2.92. The third kappa shape index (κ3) is 8.58. The average molecular weight is 514 g/mol. The SMILES string of the molecule is COCOc1c(OC)cc(CCNC(=O)OCC[Si](C)(C)C)c2c1SSSSS2. The summed E-state index contributed by atoms with van der Waals surface area (Å²) in [7, 11) is 10.5. The van der Waals surface area contributed by atoms with E-state index in [2.05, 4.69) is 25.0 Å². The fraction of sp³-hybridized carbons (Fsp3) is 0.588. The van der Waals surface area contributed by atoms with E-state index in [1.807, 2.05) is 6.07 Å². The van der Waals surface area contributed by atoms with Crippen LogP contribution in [0.2, 0.25) is 25.7 Å². The van der Waals surface area contributed by atoms with Crippen molar-refractivity contribution in [1.29, 1.82) is 0 Å². The molecule has 1 heterocycles. The van der Waals surface area contributed by atoms with Gasteiger partial charge in [-0.1, -0.05) is 19.6 Å². The van der Waals surface area contributed by atoms with Gasteiger partial charge in [0.2, 0.25) is 0 Å². The van der Waals surface area contributed by atoms with Crippen molar-refractivity contribution in [2.75, 3.05) is 34.2 Å². The normalized spacial score (nSPS) is 14.0. The fourth-order valence-corrected chi connectivity index (χ4v) is 12.3. The fourth-order valence-electron chi connectivity index (χ4n) is 2.32. The summed E-state index contributed by atoms with van der Waals surface area (Å²) in [6, 6.07) is 2.95. The summed E-state index contributed by atoms with van der Waals surface area (Å²) in [5, 5.41) is 2.86. The minimum Gasteiger partial charge on any atom is -0.493 e. The number of fused-ring (bicyclic) bond motifs is 1. The van der Waals surface area contributed by atoms with E-state index in [0.717, 1.165) is 21.4 Å². The Morgan fingerprint density at radius 1 is 1.10 bits per heavy atom. The molecule has 6 nitrogen and oxygen atoms in total. The molecule has 2 rings (SSSR count). The number of alkyl carbamates (subject to hydrolysis) is 1. The van der Waals surface area contributed by atoms with E-state index in [-0.39, 0.29) is 12.9 Å². The standard InChI is InChI=1S/C17H27NO5S5Si/c1-20-11-23-14-13(21-2)10-12(15-16(14)25-27-28-26-24-15)6-7-18-17(19)22-8-9-29(3,4)5/h10H,6-9,11H2,1-5H3,(H,18,19). The van der Waals surface area contributed by atoms with Gasteiger partial charge in [0.05, 0.1) is 18.6 Å². The molecule has 0 unspecified atom stereocenters. The van der Waals surface area contributed by atoms with E-state index in [4.69, 9.17) is 18.9 Å². The topological polar surface area (TPSA) is 66.0 Å². The Morgan fingerprint density at radius 3 is 2.48 bits per heavy atom. The Labute approximate surface area is 192 Å². The van der Waals surface area contributed by atoms with E-state index in [1.165, 1.54) is 0 Å². The molecule has 0 fully saturated rings. The van der Waals surface area contributed by atoms with Crippen LogP contribution < -0.4 is 14.8 Å². The zero-order valence-electron chi connectivity index (χ0n) is 17.2. The number of ether oxygens (including phenoxy) is 4. The number of carbonyl (C=O) groups excluding carboxylic acids is 1. The number of benzene rings is 1. The summed E-state index contributed by atoms with van der Waals surface area (Å²) in [4.78, 5) is 14.1. The van der Waals surface area contributed by atoms with E-state index < -0.39 is 8.07 Å².